The lowest BCUT2D eigenvalue weighted by atomic mass is 10.2. The van der Waals surface area contributed by atoms with E-state index in [0.717, 1.165) is 28.0 Å². The second-order valence-electron chi connectivity index (χ2n) is 6.11. The molecule has 0 bridgehead atoms. The molecule has 0 unspecified atom stereocenters. The highest BCUT2D eigenvalue weighted by atomic mass is 16.7. The Morgan fingerprint density at radius 1 is 1.15 bits per heavy atom. The third kappa shape index (κ3) is 2.94. The Morgan fingerprint density at radius 2 is 2.00 bits per heavy atom. The zero-order chi connectivity index (χ0) is 18.1. The molecule has 3 aromatic rings. The monoisotopic (exact) mass is 352 g/mol. The molecule has 1 amide bonds. The maximum Gasteiger partial charge on any atom is 0.268 e. The third-order valence-electron chi connectivity index (χ3n) is 4.45. The van der Waals surface area contributed by atoms with Crippen molar-refractivity contribution in [1.82, 2.24) is 9.88 Å². The summed E-state index contributed by atoms with van der Waals surface area (Å²) >= 11 is 0. The van der Waals surface area contributed by atoms with Gasteiger partial charge in [0, 0.05) is 24.5 Å². The van der Waals surface area contributed by atoms with E-state index in [0.29, 0.717) is 24.6 Å². The maximum atomic E-state index is 12.6. The number of aryl methyl sites for hydroxylation is 1. The van der Waals surface area contributed by atoms with Crippen LogP contribution in [0, 0.1) is 0 Å². The normalized spacial score (nSPS) is 12.4. The molecule has 0 atom stereocenters. The van der Waals surface area contributed by atoms with E-state index in [9.17, 15) is 4.79 Å². The van der Waals surface area contributed by atoms with E-state index in [4.69, 9.17) is 14.2 Å². The molecular formula is C20H20N2O4. The average molecular weight is 352 g/mol. The largest absolute Gasteiger partial charge is 0.494 e. The van der Waals surface area contributed by atoms with E-state index in [1.165, 1.54) is 0 Å². The number of rotatable bonds is 5. The van der Waals surface area contributed by atoms with Gasteiger partial charge in [-0.1, -0.05) is 6.07 Å². The molecule has 1 aliphatic heterocycles. The summed E-state index contributed by atoms with van der Waals surface area (Å²) in [4.78, 5) is 12.6. The Morgan fingerprint density at radius 3 is 2.85 bits per heavy atom. The first-order valence-corrected chi connectivity index (χ1v) is 8.54. The van der Waals surface area contributed by atoms with Crippen molar-refractivity contribution in [2.45, 2.75) is 13.5 Å². The highest BCUT2D eigenvalue weighted by Gasteiger charge is 2.16. The minimum Gasteiger partial charge on any atom is -0.494 e. The van der Waals surface area contributed by atoms with Crippen LogP contribution in [0.3, 0.4) is 0 Å². The third-order valence-corrected chi connectivity index (χ3v) is 4.45. The van der Waals surface area contributed by atoms with Crippen molar-refractivity contribution < 1.29 is 19.0 Å². The van der Waals surface area contributed by atoms with Gasteiger partial charge in [0.1, 0.15) is 11.4 Å². The summed E-state index contributed by atoms with van der Waals surface area (Å²) in [7, 11) is 1.89. The molecule has 0 saturated heterocycles. The van der Waals surface area contributed by atoms with Crippen LogP contribution in [-0.4, -0.2) is 23.9 Å². The van der Waals surface area contributed by atoms with Gasteiger partial charge >= 0.3 is 0 Å². The van der Waals surface area contributed by atoms with Crippen LogP contribution in [0.4, 0.5) is 0 Å². The topological polar surface area (TPSA) is 61.7 Å². The van der Waals surface area contributed by atoms with Crippen LogP contribution in [0.2, 0.25) is 0 Å². The number of aromatic nitrogens is 1. The van der Waals surface area contributed by atoms with Crippen molar-refractivity contribution in [3.05, 3.63) is 53.7 Å². The van der Waals surface area contributed by atoms with E-state index in [1.54, 1.807) is 0 Å². The molecule has 0 radical (unpaired) electrons. The molecule has 1 N–H and O–H groups in total. The van der Waals surface area contributed by atoms with Crippen molar-refractivity contribution in [3.8, 4) is 17.2 Å². The van der Waals surface area contributed by atoms with Gasteiger partial charge in [0.05, 0.1) is 6.61 Å². The quantitative estimate of drug-likeness (QED) is 0.766. The van der Waals surface area contributed by atoms with Crippen LogP contribution >= 0.6 is 0 Å². The average Bonchev–Trinajstić information content (AvgIpc) is 3.24. The number of nitrogens with one attached hydrogen (secondary N) is 1. The van der Waals surface area contributed by atoms with E-state index >= 15 is 0 Å². The first-order chi connectivity index (χ1) is 12.7. The Hall–Kier alpha value is -3.15. The lowest BCUT2D eigenvalue weighted by Gasteiger charge is -2.07. The summed E-state index contributed by atoms with van der Waals surface area (Å²) in [6.45, 7) is 3.22. The van der Waals surface area contributed by atoms with Crippen LogP contribution in [0.5, 0.6) is 17.2 Å². The number of ether oxygens (including phenoxy) is 3. The number of benzene rings is 2. The Balaban J connectivity index is 1.51. The second kappa shape index (κ2) is 6.63. The fraction of sp³-hybridized carbons (Fsp3) is 0.250. The predicted octanol–water partition coefficient (Wildman–Crippen LogP) is 3.24. The minimum absolute atomic E-state index is 0.126. The van der Waals surface area contributed by atoms with Gasteiger partial charge in [-0.15, -0.1) is 0 Å². The van der Waals surface area contributed by atoms with Gasteiger partial charge in [0.25, 0.3) is 5.91 Å². The number of hydrogen-bond acceptors (Lipinski definition) is 4. The fourth-order valence-electron chi connectivity index (χ4n) is 3.13. The lowest BCUT2D eigenvalue weighted by molar-refractivity contribution is 0.0943. The summed E-state index contributed by atoms with van der Waals surface area (Å²) in [5.41, 5.74) is 2.55. The second-order valence-corrected chi connectivity index (χ2v) is 6.11. The molecule has 134 valence electrons. The van der Waals surface area contributed by atoms with E-state index in [2.05, 4.69) is 5.32 Å². The zero-order valence-corrected chi connectivity index (χ0v) is 14.7. The lowest BCUT2D eigenvalue weighted by Crippen LogP contribution is -2.24. The number of fused-ring (bicyclic) bond motifs is 2. The molecule has 0 saturated carbocycles. The van der Waals surface area contributed by atoms with Crippen LogP contribution in [-0.2, 0) is 13.6 Å². The van der Waals surface area contributed by atoms with Gasteiger partial charge in [0.15, 0.2) is 11.5 Å². The van der Waals surface area contributed by atoms with Gasteiger partial charge < -0.3 is 24.1 Å². The summed E-state index contributed by atoms with van der Waals surface area (Å²) in [6.07, 6.45) is 0. The number of amides is 1. The zero-order valence-electron chi connectivity index (χ0n) is 14.7. The molecule has 6 nitrogen and oxygen atoms in total. The van der Waals surface area contributed by atoms with Crippen molar-refractivity contribution in [2.24, 2.45) is 7.05 Å². The van der Waals surface area contributed by atoms with Crippen molar-refractivity contribution >= 4 is 16.8 Å². The van der Waals surface area contributed by atoms with Gasteiger partial charge in [-0.2, -0.15) is 0 Å². The summed E-state index contributed by atoms with van der Waals surface area (Å²) < 4.78 is 18.1. The maximum absolute atomic E-state index is 12.6. The van der Waals surface area contributed by atoms with Gasteiger partial charge in [-0.05, 0) is 48.9 Å². The van der Waals surface area contributed by atoms with Crippen LogP contribution < -0.4 is 19.5 Å². The van der Waals surface area contributed by atoms with Crippen LogP contribution in [0.15, 0.2) is 42.5 Å². The standard InChI is InChI=1S/C20H20N2O4/c1-3-24-15-5-6-16-14(9-15)10-17(22(16)2)20(23)21-11-13-4-7-18-19(8-13)26-12-25-18/h4-10H,3,11-12H2,1-2H3,(H,21,23). The Bertz CT molecular complexity index is 977. The van der Waals surface area contributed by atoms with Crippen molar-refractivity contribution in [1.29, 1.82) is 0 Å². The molecule has 4 rings (SSSR count). The number of nitrogens with zero attached hydrogens (tertiary/aromatic N) is 1. The van der Waals surface area contributed by atoms with E-state index in [-0.39, 0.29) is 12.7 Å². The molecule has 6 heteroatoms. The molecular weight excluding hydrogens is 332 g/mol. The van der Waals surface area contributed by atoms with E-state index in [1.807, 2.05) is 61.0 Å². The minimum atomic E-state index is -0.126. The van der Waals surface area contributed by atoms with Gasteiger partial charge in [-0.25, -0.2) is 0 Å². The number of carbonyl (C=O) groups is 1. The summed E-state index contributed by atoms with van der Waals surface area (Å²) in [5, 5.41) is 3.94. The predicted molar refractivity (Wildman–Crippen MR) is 97.8 cm³/mol. The van der Waals surface area contributed by atoms with Crippen LogP contribution in [0.25, 0.3) is 10.9 Å². The van der Waals surface area contributed by atoms with Crippen molar-refractivity contribution in [2.75, 3.05) is 13.4 Å². The van der Waals surface area contributed by atoms with E-state index < -0.39 is 0 Å². The first kappa shape index (κ1) is 16.3. The molecule has 0 aliphatic carbocycles. The Labute approximate surface area is 151 Å². The fourth-order valence-corrected chi connectivity index (χ4v) is 3.13. The van der Waals surface area contributed by atoms with Crippen LogP contribution in [0.1, 0.15) is 23.0 Å². The molecule has 2 aromatic carbocycles. The summed E-state index contributed by atoms with van der Waals surface area (Å²) in [5.74, 6) is 2.13. The molecule has 26 heavy (non-hydrogen) atoms. The smallest absolute Gasteiger partial charge is 0.268 e. The Kier molecular flexibility index (Phi) is 4.16. The highest BCUT2D eigenvalue weighted by molar-refractivity contribution is 5.99. The number of hydrogen-bond donors (Lipinski definition) is 1. The molecule has 0 spiro atoms. The molecule has 1 aliphatic rings. The SMILES string of the molecule is CCOc1ccc2c(c1)cc(C(=O)NCc1ccc3c(c1)OCO3)n2C. The molecule has 2 heterocycles. The van der Waals surface area contributed by atoms with Crippen molar-refractivity contribution in [3.63, 3.8) is 0 Å². The van der Waals surface area contributed by atoms with Gasteiger partial charge in [-0.3, -0.25) is 4.79 Å². The first-order valence-electron chi connectivity index (χ1n) is 8.54. The highest BCUT2D eigenvalue weighted by Crippen LogP contribution is 2.32. The molecule has 0 fully saturated rings. The number of carbonyl (C=O) groups excluding carboxylic acids is 1. The molecule has 1 aromatic heterocycles. The summed E-state index contributed by atoms with van der Waals surface area (Å²) in [6, 6.07) is 13.4. The van der Waals surface area contributed by atoms with Gasteiger partial charge in [0.2, 0.25) is 6.79 Å².